The van der Waals surface area contributed by atoms with E-state index in [1.165, 1.54) is 34.0 Å². The molecule has 41 heavy (non-hydrogen) atoms. The average Bonchev–Trinajstić information content (AvgIpc) is 3.78. The molecule has 15 heteroatoms. The Bertz CT molecular complexity index is 1820. The zero-order valence-electron chi connectivity index (χ0n) is 21.0. The lowest BCUT2D eigenvalue weighted by atomic mass is 10.2. The molecule has 0 aliphatic heterocycles. The van der Waals surface area contributed by atoms with E-state index in [1.54, 1.807) is 48.5 Å². The van der Waals surface area contributed by atoms with Gasteiger partial charge in [0.05, 0.1) is 13.1 Å². The summed E-state index contributed by atoms with van der Waals surface area (Å²) in [4.78, 5) is 8.18. The van der Waals surface area contributed by atoms with Crippen molar-refractivity contribution >= 4 is 5.84 Å². The van der Waals surface area contributed by atoms with E-state index in [1.807, 2.05) is 6.07 Å². The number of amidine groups is 1. The molecule has 0 fully saturated rings. The Kier molecular flexibility index (Phi) is 7.63. The fourth-order valence-electron chi connectivity index (χ4n) is 3.68. The number of hydrogen-bond donors (Lipinski definition) is 2. The second-order valence-corrected chi connectivity index (χ2v) is 8.31. The molecule has 13 nitrogen and oxygen atoms in total. The smallest absolute Gasteiger partial charge is 0.252 e. The van der Waals surface area contributed by atoms with Crippen LogP contribution in [0.25, 0.3) is 23.0 Å². The molecule has 0 spiro atoms. The van der Waals surface area contributed by atoms with Gasteiger partial charge in [-0.05, 0) is 12.1 Å². The van der Waals surface area contributed by atoms with Crippen LogP contribution in [-0.2, 0) is 13.1 Å². The summed E-state index contributed by atoms with van der Waals surface area (Å²) in [7, 11) is 0. The molecule has 2 aromatic carbocycles. The first-order chi connectivity index (χ1) is 19.9. The summed E-state index contributed by atoms with van der Waals surface area (Å²) in [5.74, 6) is -0.178. The van der Waals surface area contributed by atoms with Gasteiger partial charge < -0.3 is 14.8 Å². The predicted octanol–water partition coefficient (Wildman–Crippen LogP) is 3.40. The van der Waals surface area contributed by atoms with E-state index >= 15 is 0 Å². The van der Waals surface area contributed by atoms with Crippen molar-refractivity contribution in [2.45, 2.75) is 13.1 Å². The number of halogens is 2. The van der Waals surface area contributed by atoms with Gasteiger partial charge in [-0.1, -0.05) is 46.7 Å². The minimum atomic E-state index is -0.344. The Balaban J connectivity index is 0.000000165. The van der Waals surface area contributed by atoms with Crippen molar-refractivity contribution in [2.75, 3.05) is 0 Å². The normalized spacial score (nSPS) is 10.6. The molecule has 0 saturated carbocycles. The molecule has 0 saturated heterocycles. The van der Waals surface area contributed by atoms with Gasteiger partial charge in [-0.25, -0.2) is 23.1 Å². The number of rotatable bonds is 7. The van der Waals surface area contributed by atoms with Gasteiger partial charge in [-0.15, -0.1) is 10.2 Å². The highest BCUT2D eigenvalue weighted by molar-refractivity contribution is 5.91. The highest BCUT2D eigenvalue weighted by Gasteiger charge is 2.18. The molecule has 4 aromatic heterocycles. The number of benzene rings is 2. The first kappa shape index (κ1) is 26.6. The van der Waals surface area contributed by atoms with Crippen LogP contribution in [0.5, 0.6) is 0 Å². The summed E-state index contributed by atoms with van der Waals surface area (Å²) in [6.07, 6.45) is 2.79. The van der Waals surface area contributed by atoms with E-state index in [2.05, 4.69) is 30.5 Å². The minimum absolute atomic E-state index is 0.000612. The Hall–Kier alpha value is -6.04. The number of nitrogen functional groups attached to an aromatic ring is 1. The van der Waals surface area contributed by atoms with Gasteiger partial charge in [0.25, 0.3) is 5.82 Å². The number of aromatic nitrogens is 8. The van der Waals surface area contributed by atoms with E-state index < -0.39 is 0 Å². The van der Waals surface area contributed by atoms with Crippen molar-refractivity contribution in [1.29, 1.82) is 10.7 Å². The van der Waals surface area contributed by atoms with E-state index in [-0.39, 0.29) is 42.2 Å². The quantitative estimate of drug-likeness (QED) is 0.218. The third kappa shape index (κ3) is 6.01. The monoisotopic (exact) mass is 555 g/mol. The number of nitrogens with zero attached hydrogens (tertiary/aromatic N) is 9. The van der Waals surface area contributed by atoms with Crippen LogP contribution in [0.2, 0.25) is 0 Å². The fraction of sp³-hybridized carbons (Fsp3) is 0.0769. The molecule has 0 aliphatic rings. The van der Waals surface area contributed by atoms with Gasteiger partial charge in [-0.3, -0.25) is 5.41 Å². The zero-order chi connectivity index (χ0) is 28.8. The Morgan fingerprint density at radius 2 is 1.32 bits per heavy atom. The molecule has 0 radical (unpaired) electrons. The van der Waals surface area contributed by atoms with Gasteiger partial charge in [0.2, 0.25) is 5.82 Å². The molecule has 0 amide bonds. The number of nitrogens with two attached hydrogens (primary N) is 1. The molecular weight excluding hydrogens is 536 g/mol. The van der Waals surface area contributed by atoms with Crippen LogP contribution >= 0.6 is 0 Å². The minimum Gasteiger partial charge on any atom is -0.381 e. The topological polar surface area (TPSA) is 187 Å². The first-order valence-electron chi connectivity index (χ1n) is 11.9. The predicted molar refractivity (Wildman–Crippen MR) is 138 cm³/mol. The van der Waals surface area contributed by atoms with Gasteiger partial charge in [-0.2, -0.15) is 10.2 Å². The van der Waals surface area contributed by atoms with E-state index in [9.17, 15) is 8.78 Å². The second-order valence-electron chi connectivity index (χ2n) is 8.31. The van der Waals surface area contributed by atoms with Crippen molar-refractivity contribution < 1.29 is 17.8 Å². The summed E-state index contributed by atoms with van der Waals surface area (Å²) in [6, 6.07) is 17.8. The molecule has 0 bridgehead atoms. The maximum Gasteiger partial charge on any atom is 0.252 e. The highest BCUT2D eigenvalue weighted by atomic mass is 19.1. The molecule has 6 rings (SSSR count). The van der Waals surface area contributed by atoms with Crippen molar-refractivity contribution in [3.63, 3.8) is 0 Å². The van der Waals surface area contributed by atoms with E-state index in [0.29, 0.717) is 34.2 Å². The lowest BCUT2D eigenvalue weighted by molar-refractivity contribution is 0.421. The Morgan fingerprint density at radius 1 is 0.805 bits per heavy atom. The van der Waals surface area contributed by atoms with E-state index in [4.69, 9.17) is 25.5 Å². The van der Waals surface area contributed by atoms with Crippen LogP contribution in [0.3, 0.4) is 0 Å². The van der Waals surface area contributed by atoms with Crippen LogP contribution in [0.4, 0.5) is 8.78 Å². The van der Waals surface area contributed by atoms with Crippen LogP contribution in [0.1, 0.15) is 22.8 Å². The summed E-state index contributed by atoms with van der Waals surface area (Å²) >= 11 is 0. The van der Waals surface area contributed by atoms with Crippen molar-refractivity contribution in [2.24, 2.45) is 5.73 Å². The van der Waals surface area contributed by atoms with Gasteiger partial charge >= 0.3 is 0 Å². The summed E-state index contributed by atoms with van der Waals surface area (Å²) < 4.78 is 39.8. The maximum absolute atomic E-state index is 13.8. The van der Waals surface area contributed by atoms with Crippen molar-refractivity contribution in [1.82, 2.24) is 39.8 Å². The molecule has 3 N–H and O–H groups in total. The SMILES string of the molecule is N#Cc1nc(-c2ccon2)n(Cc2ccccc2F)n1.N=C(N)c1nc(-c2ccon2)n(Cc2ccccc2F)n1. The van der Waals surface area contributed by atoms with Gasteiger partial charge in [0.15, 0.2) is 28.9 Å². The number of nitrogens with one attached hydrogen (secondary N) is 1. The Morgan fingerprint density at radius 3 is 1.78 bits per heavy atom. The van der Waals surface area contributed by atoms with Crippen LogP contribution in [0, 0.1) is 28.4 Å². The summed E-state index contributed by atoms with van der Waals surface area (Å²) in [5, 5.41) is 32.0. The second kappa shape index (κ2) is 11.8. The largest absolute Gasteiger partial charge is 0.381 e. The molecule has 6 aromatic rings. The number of nitriles is 1. The van der Waals surface area contributed by atoms with Crippen LogP contribution < -0.4 is 5.73 Å². The van der Waals surface area contributed by atoms with Crippen LogP contribution in [-0.4, -0.2) is 45.7 Å². The highest BCUT2D eigenvalue weighted by Crippen LogP contribution is 2.19. The van der Waals surface area contributed by atoms with Gasteiger partial charge in [0, 0.05) is 23.3 Å². The van der Waals surface area contributed by atoms with Crippen LogP contribution in [0.15, 0.2) is 82.2 Å². The lowest BCUT2D eigenvalue weighted by Gasteiger charge is -2.05. The lowest BCUT2D eigenvalue weighted by Crippen LogP contribution is -2.14. The summed E-state index contributed by atoms with van der Waals surface area (Å²) in [6.45, 7) is 0.304. The van der Waals surface area contributed by atoms with Gasteiger partial charge in [0.1, 0.15) is 30.2 Å². The fourth-order valence-corrected chi connectivity index (χ4v) is 3.68. The third-order valence-electron chi connectivity index (χ3n) is 5.57. The molecule has 0 unspecified atom stereocenters. The Labute approximate surface area is 230 Å². The zero-order valence-corrected chi connectivity index (χ0v) is 21.0. The average molecular weight is 556 g/mol. The standard InChI is InChI=1S/C13H11FN6O.C13H8FN5O/c14-9-4-2-1-3-8(9)7-20-13(10-5-6-21-19-10)17-12(18-20)11(15)16;14-10-4-2-1-3-9(10)8-19-13(11-5-6-20-18-11)16-12(7-15)17-19/h1-6H,7H2,(H3,15,16);1-6H,8H2. The molecular formula is C26H19F2N11O2. The maximum atomic E-state index is 13.8. The molecule has 0 aliphatic carbocycles. The summed E-state index contributed by atoms with van der Waals surface area (Å²) in [5.41, 5.74) is 7.17. The number of hydrogen-bond acceptors (Lipinski definition) is 10. The molecule has 0 atom stereocenters. The first-order valence-corrected chi connectivity index (χ1v) is 11.9. The van der Waals surface area contributed by atoms with Crippen molar-refractivity contribution in [3.05, 3.63) is 108 Å². The van der Waals surface area contributed by atoms with E-state index in [0.717, 1.165) is 0 Å². The third-order valence-corrected chi connectivity index (χ3v) is 5.57. The van der Waals surface area contributed by atoms with Crippen molar-refractivity contribution in [3.8, 4) is 29.1 Å². The molecule has 4 heterocycles. The molecule has 204 valence electrons.